The average Bonchev–Trinajstić information content (AvgIpc) is 3.14. The number of aromatic hydroxyl groups is 1. The SMILES string of the molecule is C/C1=C(\C)[C@@H](Cc2ccc(O)cc2)NC(=O)CNC(=O)[C@H](Cc2ccc3ccccc3c2)NC(=O)[C@H](CCCN=C(N)N)NC(=O)[C@H]1CCCN=C(N)N. The summed E-state index contributed by atoms with van der Waals surface area (Å²) >= 11 is 0. The molecule has 0 saturated heterocycles. The predicted molar refractivity (Wildman–Crippen MR) is 210 cm³/mol. The van der Waals surface area contributed by atoms with Crippen molar-refractivity contribution in [3.63, 3.8) is 0 Å². The van der Waals surface area contributed by atoms with Gasteiger partial charge in [-0.15, -0.1) is 0 Å². The fourth-order valence-electron chi connectivity index (χ4n) is 6.44. The highest BCUT2D eigenvalue weighted by Crippen LogP contribution is 2.25. The van der Waals surface area contributed by atoms with Crippen molar-refractivity contribution in [1.29, 1.82) is 0 Å². The van der Waals surface area contributed by atoms with E-state index in [-0.39, 0.29) is 50.1 Å². The number of benzene rings is 3. The normalized spacial score (nSPS) is 21.4. The van der Waals surface area contributed by atoms with Crippen LogP contribution in [-0.2, 0) is 32.0 Å². The number of hydrogen-bond acceptors (Lipinski definition) is 7. The van der Waals surface area contributed by atoms with Crippen LogP contribution >= 0.6 is 0 Å². The first-order valence-corrected chi connectivity index (χ1v) is 18.0. The number of nitrogens with one attached hydrogen (secondary N) is 4. The van der Waals surface area contributed by atoms with E-state index in [9.17, 15) is 24.3 Å². The van der Waals surface area contributed by atoms with E-state index in [1.807, 2.05) is 56.3 Å². The van der Waals surface area contributed by atoms with Crippen LogP contribution in [0.2, 0.25) is 0 Å². The van der Waals surface area contributed by atoms with Crippen molar-refractivity contribution in [2.45, 2.75) is 70.5 Å². The molecule has 54 heavy (non-hydrogen) atoms. The summed E-state index contributed by atoms with van der Waals surface area (Å²) in [5.74, 6) is -2.82. The second-order valence-electron chi connectivity index (χ2n) is 13.5. The number of amides is 4. The minimum Gasteiger partial charge on any atom is -0.508 e. The average molecular weight is 741 g/mol. The summed E-state index contributed by atoms with van der Waals surface area (Å²) in [6.07, 6.45) is 1.76. The van der Waals surface area contributed by atoms with Crippen molar-refractivity contribution in [2.24, 2.45) is 38.8 Å². The molecule has 4 atom stereocenters. The van der Waals surface area contributed by atoms with Crippen molar-refractivity contribution < 1.29 is 24.3 Å². The highest BCUT2D eigenvalue weighted by Gasteiger charge is 2.32. The second-order valence-corrected chi connectivity index (χ2v) is 13.5. The Labute approximate surface area is 315 Å². The van der Waals surface area contributed by atoms with E-state index < -0.39 is 47.7 Å². The number of fused-ring (bicyclic) bond motifs is 1. The Hall–Kier alpha value is -6.12. The maximum absolute atomic E-state index is 14.3. The molecule has 0 bridgehead atoms. The Balaban J connectivity index is 1.74. The van der Waals surface area contributed by atoms with Gasteiger partial charge >= 0.3 is 0 Å². The molecular formula is C39H52N10O5. The van der Waals surface area contributed by atoms with Crippen LogP contribution < -0.4 is 44.2 Å². The predicted octanol–water partition coefficient (Wildman–Crippen LogP) is 0.975. The summed E-state index contributed by atoms with van der Waals surface area (Å²) in [7, 11) is 0. The third-order valence-electron chi connectivity index (χ3n) is 9.53. The molecule has 0 aromatic heterocycles. The molecule has 0 saturated carbocycles. The number of rotatable bonds is 12. The third kappa shape index (κ3) is 12.2. The van der Waals surface area contributed by atoms with Gasteiger partial charge in [0.1, 0.15) is 17.8 Å². The molecule has 4 rings (SSSR count). The number of phenols is 1. The van der Waals surface area contributed by atoms with Crippen LogP contribution in [-0.4, -0.2) is 78.4 Å². The van der Waals surface area contributed by atoms with Crippen molar-refractivity contribution in [3.8, 4) is 5.75 Å². The highest BCUT2D eigenvalue weighted by atomic mass is 16.3. The van der Waals surface area contributed by atoms with Crippen LogP contribution in [0.25, 0.3) is 10.8 Å². The van der Waals surface area contributed by atoms with Crippen LogP contribution in [0.5, 0.6) is 5.75 Å². The summed E-state index contributed by atoms with van der Waals surface area (Å²) in [5, 5.41) is 23.4. The molecule has 0 spiro atoms. The van der Waals surface area contributed by atoms with Crippen LogP contribution in [0.3, 0.4) is 0 Å². The summed E-state index contributed by atoms with van der Waals surface area (Å²) in [4.78, 5) is 63.7. The number of carbonyl (C=O) groups is 4. The monoisotopic (exact) mass is 740 g/mol. The quantitative estimate of drug-likeness (QED) is 0.0554. The molecule has 288 valence electrons. The number of aliphatic imine (C=N–C) groups is 2. The van der Waals surface area contributed by atoms with Gasteiger partial charge in [-0.05, 0) is 80.0 Å². The molecule has 3 aromatic rings. The fraction of sp³-hybridized carbons (Fsp3) is 0.385. The number of hydrogen-bond donors (Lipinski definition) is 9. The first-order valence-electron chi connectivity index (χ1n) is 18.0. The molecule has 1 aliphatic rings. The Morgan fingerprint density at radius 3 is 1.93 bits per heavy atom. The minimum absolute atomic E-state index is 0.0689. The standard InChI is InChI=1S/C39H52N10O5/c1-23-24(2)32(20-25-12-15-29(50)16-13-25)47-34(51)22-46-36(53)33(21-26-11-14-27-7-3-4-8-28(27)19-26)49-37(54)31(10-6-18-45-39(42)43)48-35(52)30(23)9-5-17-44-38(40)41/h3-4,7-8,11-16,19,30-33,50H,5-6,9-10,17-18,20-22H2,1-2H3,(H,46,53)(H,47,51)(H,48,52)(H,49,54)(H4,40,41,44)(H4,42,43,45)/b24-23-/t30-,31-,32+,33-/m0/s1. The van der Waals surface area contributed by atoms with E-state index in [2.05, 4.69) is 31.3 Å². The van der Waals surface area contributed by atoms with Crippen molar-refractivity contribution in [2.75, 3.05) is 19.6 Å². The summed E-state index contributed by atoms with van der Waals surface area (Å²) in [6, 6.07) is 17.5. The van der Waals surface area contributed by atoms with Gasteiger partial charge in [-0.3, -0.25) is 29.2 Å². The molecule has 15 nitrogen and oxygen atoms in total. The van der Waals surface area contributed by atoms with Gasteiger partial charge < -0.3 is 49.3 Å². The molecule has 0 fully saturated rings. The van der Waals surface area contributed by atoms with Gasteiger partial charge in [0.05, 0.1) is 18.5 Å². The van der Waals surface area contributed by atoms with Gasteiger partial charge in [0.25, 0.3) is 0 Å². The van der Waals surface area contributed by atoms with Crippen LogP contribution in [0.15, 0.2) is 87.9 Å². The zero-order valence-corrected chi connectivity index (χ0v) is 30.8. The van der Waals surface area contributed by atoms with Gasteiger partial charge in [0.2, 0.25) is 23.6 Å². The Morgan fingerprint density at radius 1 is 0.667 bits per heavy atom. The summed E-state index contributed by atoms with van der Waals surface area (Å²) in [6.45, 7) is 3.80. The Morgan fingerprint density at radius 2 is 1.26 bits per heavy atom. The molecule has 4 amide bonds. The molecule has 13 N–H and O–H groups in total. The van der Waals surface area contributed by atoms with Crippen LogP contribution in [0.4, 0.5) is 0 Å². The number of nitrogens with zero attached hydrogens (tertiary/aromatic N) is 2. The number of guanidine groups is 2. The molecule has 3 aromatic carbocycles. The fourth-order valence-corrected chi connectivity index (χ4v) is 6.44. The van der Waals surface area contributed by atoms with E-state index in [4.69, 9.17) is 22.9 Å². The maximum atomic E-state index is 14.3. The molecule has 0 unspecified atom stereocenters. The molecule has 0 aliphatic carbocycles. The van der Waals surface area contributed by atoms with Gasteiger partial charge in [0, 0.05) is 19.5 Å². The van der Waals surface area contributed by atoms with Gasteiger partial charge in [-0.2, -0.15) is 0 Å². The third-order valence-corrected chi connectivity index (χ3v) is 9.53. The summed E-state index contributed by atoms with van der Waals surface area (Å²) < 4.78 is 0. The summed E-state index contributed by atoms with van der Waals surface area (Å²) in [5.41, 5.74) is 25.2. The number of carbonyl (C=O) groups excluding carboxylic acids is 4. The first-order chi connectivity index (χ1) is 25.8. The molecule has 1 aliphatic heterocycles. The minimum atomic E-state index is -1.08. The van der Waals surface area contributed by atoms with Crippen molar-refractivity contribution in [1.82, 2.24) is 21.3 Å². The molecule has 1 heterocycles. The largest absolute Gasteiger partial charge is 0.508 e. The lowest BCUT2D eigenvalue weighted by molar-refractivity contribution is -0.133. The Kier molecular flexibility index (Phi) is 14.8. The smallest absolute Gasteiger partial charge is 0.243 e. The van der Waals surface area contributed by atoms with E-state index >= 15 is 0 Å². The van der Waals surface area contributed by atoms with E-state index in [0.717, 1.165) is 27.5 Å². The van der Waals surface area contributed by atoms with Gasteiger partial charge in [0.15, 0.2) is 11.9 Å². The van der Waals surface area contributed by atoms with E-state index in [0.29, 0.717) is 31.3 Å². The van der Waals surface area contributed by atoms with Crippen molar-refractivity contribution >= 4 is 46.3 Å². The topological polar surface area (TPSA) is 265 Å². The maximum Gasteiger partial charge on any atom is 0.243 e. The lowest BCUT2D eigenvalue weighted by Gasteiger charge is -2.27. The van der Waals surface area contributed by atoms with E-state index in [1.54, 1.807) is 24.3 Å². The van der Waals surface area contributed by atoms with Crippen LogP contribution in [0, 0.1) is 5.92 Å². The number of nitrogens with two attached hydrogens (primary N) is 4. The van der Waals surface area contributed by atoms with Gasteiger partial charge in [-0.25, -0.2) is 0 Å². The molecular weight excluding hydrogens is 688 g/mol. The van der Waals surface area contributed by atoms with Gasteiger partial charge in [-0.1, -0.05) is 65.7 Å². The Bertz CT molecular complexity index is 1880. The first kappa shape index (κ1) is 40.6. The molecule has 0 radical (unpaired) electrons. The lowest BCUT2D eigenvalue weighted by atomic mass is 9.86. The van der Waals surface area contributed by atoms with Crippen LogP contribution in [0.1, 0.15) is 50.7 Å². The molecule has 15 heteroatoms. The van der Waals surface area contributed by atoms with Crippen molar-refractivity contribution in [3.05, 3.63) is 89.0 Å². The zero-order valence-electron chi connectivity index (χ0n) is 30.8. The highest BCUT2D eigenvalue weighted by molar-refractivity contribution is 5.94. The number of phenolic OH excluding ortho intramolecular Hbond substituents is 1. The lowest BCUT2D eigenvalue weighted by Crippen LogP contribution is -2.55. The zero-order chi connectivity index (χ0) is 39.2. The second kappa shape index (κ2) is 19.6. The van der Waals surface area contributed by atoms with E-state index in [1.165, 1.54) is 0 Å².